The Bertz CT molecular complexity index is 997. The van der Waals surface area contributed by atoms with Gasteiger partial charge in [-0.25, -0.2) is 0 Å². The highest BCUT2D eigenvalue weighted by molar-refractivity contribution is 6.42. The summed E-state index contributed by atoms with van der Waals surface area (Å²) in [5, 5.41) is 2.99. The lowest BCUT2D eigenvalue weighted by Crippen LogP contribution is -2.30. The first kappa shape index (κ1) is 22.5. The van der Waals surface area contributed by atoms with Crippen molar-refractivity contribution in [2.75, 3.05) is 5.32 Å². The van der Waals surface area contributed by atoms with Gasteiger partial charge in [0.05, 0.1) is 5.92 Å². The molecule has 0 heterocycles. The summed E-state index contributed by atoms with van der Waals surface area (Å²) in [5.41, 5.74) is 4.76. The van der Waals surface area contributed by atoms with E-state index in [9.17, 15) is 9.59 Å². The smallest absolute Gasteiger partial charge is 0.292 e. The summed E-state index contributed by atoms with van der Waals surface area (Å²) in [4.78, 5) is 26.6. The van der Waals surface area contributed by atoms with E-state index in [-0.39, 0.29) is 11.8 Å². The first-order valence-corrected chi connectivity index (χ1v) is 10.9. The maximum atomic E-state index is 13.4. The van der Waals surface area contributed by atoms with Crippen molar-refractivity contribution in [3.05, 3.63) is 101 Å². The Morgan fingerprint density at radius 2 is 1.23 bits per heavy atom. The second-order valence-corrected chi connectivity index (χ2v) is 8.59. The molecule has 0 aliphatic rings. The van der Waals surface area contributed by atoms with Crippen LogP contribution in [0.4, 0.5) is 5.69 Å². The van der Waals surface area contributed by atoms with Crippen molar-refractivity contribution in [3.8, 4) is 0 Å². The molecule has 0 aliphatic heterocycles. The van der Waals surface area contributed by atoms with Gasteiger partial charge in [0.15, 0.2) is 0 Å². The maximum Gasteiger partial charge on any atom is 0.292 e. The number of rotatable bonds is 8. The highest BCUT2D eigenvalue weighted by Gasteiger charge is 2.28. The molecular weight excluding hydrogens is 382 g/mol. The number of anilines is 1. The molecule has 0 spiro atoms. The largest absolute Gasteiger partial charge is 0.319 e. The van der Waals surface area contributed by atoms with E-state index in [1.54, 1.807) is 0 Å². The number of carbonyl (C=O) groups excluding carboxylic acids is 2. The molecular formula is C28H31NO2. The van der Waals surface area contributed by atoms with Gasteiger partial charge in [0, 0.05) is 5.69 Å². The predicted octanol–water partition coefficient (Wildman–Crippen LogP) is 6.47. The summed E-state index contributed by atoms with van der Waals surface area (Å²) in [6, 6.07) is 25.5. The quantitative estimate of drug-likeness (QED) is 0.430. The van der Waals surface area contributed by atoms with Crippen LogP contribution >= 0.6 is 0 Å². The van der Waals surface area contributed by atoms with Gasteiger partial charge in [-0.2, -0.15) is 0 Å². The lowest BCUT2D eigenvalue weighted by atomic mass is 9.87. The van der Waals surface area contributed by atoms with Crippen LogP contribution in [0.3, 0.4) is 0 Å². The summed E-state index contributed by atoms with van der Waals surface area (Å²) in [6.45, 7) is 8.39. The Hall–Kier alpha value is -3.20. The summed E-state index contributed by atoms with van der Waals surface area (Å²) in [5.74, 6) is -1.03. The molecule has 0 aliphatic carbocycles. The molecule has 0 radical (unpaired) electrons. The number of carbonyl (C=O) groups is 2. The number of ketones is 1. The molecule has 0 saturated heterocycles. The zero-order valence-corrected chi connectivity index (χ0v) is 18.8. The Labute approximate surface area is 185 Å². The molecule has 1 unspecified atom stereocenters. The van der Waals surface area contributed by atoms with E-state index in [0.29, 0.717) is 6.42 Å². The maximum absolute atomic E-state index is 13.4. The average molecular weight is 414 g/mol. The zero-order valence-electron chi connectivity index (χ0n) is 18.8. The van der Waals surface area contributed by atoms with Gasteiger partial charge in [0.2, 0.25) is 5.78 Å². The van der Waals surface area contributed by atoms with Crippen molar-refractivity contribution >= 4 is 17.4 Å². The molecule has 3 aromatic carbocycles. The lowest BCUT2D eigenvalue weighted by Gasteiger charge is -2.21. The highest BCUT2D eigenvalue weighted by atomic mass is 16.2. The lowest BCUT2D eigenvalue weighted by molar-refractivity contribution is -0.135. The number of hydrogen-bond acceptors (Lipinski definition) is 2. The second-order valence-electron chi connectivity index (χ2n) is 8.59. The van der Waals surface area contributed by atoms with Crippen molar-refractivity contribution in [2.45, 2.75) is 51.9 Å². The van der Waals surface area contributed by atoms with E-state index >= 15 is 0 Å². The summed E-state index contributed by atoms with van der Waals surface area (Å²) in [7, 11) is 0. The Balaban J connectivity index is 1.93. The molecule has 3 aromatic rings. The first-order chi connectivity index (χ1) is 14.9. The van der Waals surface area contributed by atoms with E-state index in [1.165, 1.54) is 0 Å². The van der Waals surface area contributed by atoms with Crippen molar-refractivity contribution in [2.24, 2.45) is 0 Å². The van der Waals surface area contributed by atoms with Crippen molar-refractivity contribution in [1.82, 2.24) is 0 Å². The fourth-order valence-electron chi connectivity index (χ4n) is 3.93. The van der Waals surface area contributed by atoms with Crippen LogP contribution < -0.4 is 5.32 Å². The van der Waals surface area contributed by atoms with Crippen LogP contribution in [0.5, 0.6) is 0 Å². The van der Waals surface area contributed by atoms with Crippen LogP contribution in [-0.4, -0.2) is 11.7 Å². The second kappa shape index (κ2) is 10.2. The minimum absolute atomic E-state index is 0.235. The van der Waals surface area contributed by atoms with Gasteiger partial charge < -0.3 is 5.32 Å². The van der Waals surface area contributed by atoms with Crippen molar-refractivity contribution in [1.29, 1.82) is 0 Å². The molecule has 3 nitrogen and oxygen atoms in total. The van der Waals surface area contributed by atoms with Gasteiger partial charge in [0.25, 0.3) is 5.91 Å². The van der Waals surface area contributed by atoms with Crippen LogP contribution in [-0.2, 0) is 16.0 Å². The van der Waals surface area contributed by atoms with Crippen LogP contribution in [0, 0.1) is 0 Å². The third kappa shape index (κ3) is 5.49. The number of para-hydroxylation sites is 1. The topological polar surface area (TPSA) is 46.2 Å². The minimum atomic E-state index is -0.556. The predicted molar refractivity (Wildman–Crippen MR) is 128 cm³/mol. The monoisotopic (exact) mass is 413 g/mol. The molecule has 0 aromatic heterocycles. The molecule has 0 fully saturated rings. The zero-order chi connectivity index (χ0) is 22.4. The number of benzene rings is 3. The molecule has 1 atom stereocenters. The standard InChI is InChI=1S/C28H31NO2/c1-19(2)23-16-11-17-24(20(3)4)26(23)29-28(31)27(30)25(22-14-9-6-10-15-22)18-21-12-7-5-8-13-21/h5-17,19-20,25H,18H2,1-4H3,(H,29,31). The fraction of sp³-hybridized carbons (Fsp3) is 0.286. The van der Waals surface area contributed by atoms with Crippen LogP contribution in [0.2, 0.25) is 0 Å². The highest BCUT2D eigenvalue weighted by Crippen LogP contribution is 2.33. The molecule has 0 saturated carbocycles. The van der Waals surface area contributed by atoms with Gasteiger partial charge in [-0.05, 0) is 40.5 Å². The number of Topliss-reactive ketones (excluding diaryl/α,β-unsaturated/α-hetero) is 1. The molecule has 1 amide bonds. The Morgan fingerprint density at radius 3 is 1.74 bits per heavy atom. The fourth-order valence-corrected chi connectivity index (χ4v) is 3.93. The normalized spacial score (nSPS) is 12.1. The van der Waals surface area contributed by atoms with Crippen LogP contribution in [0.25, 0.3) is 0 Å². The van der Waals surface area contributed by atoms with Gasteiger partial charge in [0.1, 0.15) is 0 Å². The van der Waals surface area contributed by atoms with E-state index in [1.807, 2.05) is 78.9 Å². The summed E-state index contributed by atoms with van der Waals surface area (Å²) >= 11 is 0. The van der Waals surface area contributed by atoms with Crippen molar-refractivity contribution in [3.63, 3.8) is 0 Å². The van der Waals surface area contributed by atoms with Gasteiger partial charge in [-0.3, -0.25) is 9.59 Å². The van der Waals surface area contributed by atoms with Gasteiger partial charge in [-0.1, -0.05) is 107 Å². The van der Waals surface area contributed by atoms with E-state index in [0.717, 1.165) is 27.9 Å². The molecule has 0 bridgehead atoms. The number of nitrogens with one attached hydrogen (secondary N) is 1. The third-order valence-corrected chi connectivity index (χ3v) is 5.64. The van der Waals surface area contributed by atoms with E-state index in [4.69, 9.17) is 0 Å². The Kier molecular flexibility index (Phi) is 7.41. The number of amides is 1. The first-order valence-electron chi connectivity index (χ1n) is 10.9. The molecule has 31 heavy (non-hydrogen) atoms. The molecule has 160 valence electrons. The third-order valence-electron chi connectivity index (χ3n) is 5.64. The van der Waals surface area contributed by atoms with Gasteiger partial charge >= 0.3 is 0 Å². The van der Waals surface area contributed by atoms with Gasteiger partial charge in [-0.15, -0.1) is 0 Å². The molecule has 3 rings (SSSR count). The van der Waals surface area contributed by atoms with Crippen LogP contribution in [0.15, 0.2) is 78.9 Å². The van der Waals surface area contributed by atoms with Crippen molar-refractivity contribution < 1.29 is 9.59 Å². The summed E-state index contributed by atoms with van der Waals surface area (Å²) < 4.78 is 0. The molecule has 1 N–H and O–H groups in total. The van der Waals surface area contributed by atoms with E-state index in [2.05, 4.69) is 33.0 Å². The SMILES string of the molecule is CC(C)c1cccc(C(C)C)c1NC(=O)C(=O)C(Cc1ccccc1)c1ccccc1. The van der Waals surface area contributed by atoms with Crippen LogP contribution in [0.1, 0.15) is 67.7 Å². The average Bonchev–Trinajstić information content (AvgIpc) is 2.78. The summed E-state index contributed by atoms with van der Waals surface area (Å²) in [6.07, 6.45) is 0.486. The molecule has 3 heteroatoms. The number of hydrogen-bond donors (Lipinski definition) is 1. The van der Waals surface area contributed by atoms with E-state index < -0.39 is 17.6 Å². The Morgan fingerprint density at radius 1 is 0.710 bits per heavy atom. The minimum Gasteiger partial charge on any atom is -0.319 e.